The van der Waals surface area contributed by atoms with E-state index in [4.69, 9.17) is 5.11 Å². The molecule has 0 fully saturated rings. The molecule has 1 N–H and O–H groups in total. The van der Waals surface area contributed by atoms with Gasteiger partial charge < -0.3 is 5.11 Å². The van der Waals surface area contributed by atoms with E-state index >= 15 is 0 Å². The van der Waals surface area contributed by atoms with Gasteiger partial charge in [0.25, 0.3) is 0 Å². The Hall–Kier alpha value is -1.88. The Bertz CT molecular complexity index is 543. The molecular weight excluding hydrogens is 236 g/mol. The van der Waals surface area contributed by atoms with Gasteiger partial charge in [-0.05, 0) is 6.26 Å². The molecule has 2 rings (SSSR count). The zero-order chi connectivity index (χ0) is 12.3. The lowest BCUT2D eigenvalue weighted by Crippen LogP contribution is -2.05. The van der Waals surface area contributed by atoms with Crippen molar-refractivity contribution in [2.45, 2.75) is 4.90 Å². The molecule has 0 unspecified atom stereocenters. The fourth-order valence-electron chi connectivity index (χ4n) is 1.43. The van der Waals surface area contributed by atoms with E-state index in [9.17, 15) is 4.79 Å². The average Bonchev–Trinajstić information content (AvgIpc) is 2.39. The number of carboxylic acids is 1. The normalized spacial score (nSPS) is 10.2. The first-order valence-electron chi connectivity index (χ1n) is 4.92. The predicted octanol–water partition coefficient (Wildman–Crippen LogP) is 2.56. The molecule has 0 amide bonds. The van der Waals surface area contributed by atoms with E-state index < -0.39 is 5.97 Å². The lowest BCUT2D eigenvalue weighted by Gasteiger charge is -2.06. The zero-order valence-corrected chi connectivity index (χ0v) is 9.94. The van der Waals surface area contributed by atoms with E-state index in [0.717, 1.165) is 10.5 Å². The summed E-state index contributed by atoms with van der Waals surface area (Å²) >= 11 is 1.49. The summed E-state index contributed by atoms with van der Waals surface area (Å²) in [6.07, 6.45) is 3.45. The van der Waals surface area contributed by atoms with Gasteiger partial charge in [0.2, 0.25) is 5.82 Å². The number of aromatic nitrogens is 2. The highest BCUT2D eigenvalue weighted by atomic mass is 32.2. The molecule has 0 atom stereocenters. The standard InChI is InChI=1S/C12H10N2O2S/c1-17-9-7-13-11(12(15)16)14-10(9)8-5-3-2-4-6-8/h2-7H,1H3,(H,15,16). The number of thioether (sulfide) groups is 1. The number of carbonyl (C=O) groups is 1. The molecule has 1 aromatic carbocycles. The first kappa shape index (κ1) is 11.6. The molecule has 0 bridgehead atoms. The quantitative estimate of drug-likeness (QED) is 0.843. The second kappa shape index (κ2) is 4.97. The van der Waals surface area contributed by atoms with Gasteiger partial charge in [-0.15, -0.1) is 11.8 Å². The number of rotatable bonds is 3. The zero-order valence-electron chi connectivity index (χ0n) is 9.12. The molecule has 0 saturated heterocycles. The van der Waals surface area contributed by atoms with Gasteiger partial charge in [0.15, 0.2) is 0 Å². The maximum Gasteiger partial charge on any atom is 0.373 e. The third kappa shape index (κ3) is 2.45. The number of hydrogen-bond donors (Lipinski definition) is 1. The summed E-state index contributed by atoms with van der Waals surface area (Å²) in [6.45, 7) is 0. The first-order valence-corrected chi connectivity index (χ1v) is 6.14. The fraction of sp³-hybridized carbons (Fsp3) is 0.0833. The molecule has 17 heavy (non-hydrogen) atoms. The lowest BCUT2D eigenvalue weighted by atomic mass is 10.1. The Morgan fingerprint density at radius 1 is 1.29 bits per heavy atom. The second-order valence-corrected chi connectivity index (χ2v) is 4.13. The molecule has 1 aromatic heterocycles. The number of hydrogen-bond acceptors (Lipinski definition) is 4. The molecule has 0 aliphatic heterocycles. The van der Waals surface area contributed by atoms with Crippen LogP contribution < -0.4 is 0 Å². The highest BCUT2D eigenvalue weighted by Crippen LogP contribution is 2.27. The first-order chi connectivity index (χ1) is 8.22. The van der Waals surface area contributed by atoms with Crippen LogP contribution >= 0.6 is 11.8 Å². The third-order valence-electron chi connectivity index (χ3n) is 2.21. The van der Waals surface area contributed by atoms with E-state index in [1.54, 1.807) is 6.20 Å². The van der Waals surface area contributed by atoms with Crippen LogP contribution in [-0.2, 0) is 0 Å². The minimum Gasteiger partial charge on any atom is -0.475 e. The molecule has 2 aromatic rings. The molecule has 0 aliphatic rings. The van der Waals surface area contributed by atoms with Crippen LogP contribution in [-0.4, -0.2) is 27.3 Å². The van der Waals surface area contributed by atoms with Crippen LogP contribution in [0.15, 0.2) is 41.4 Å². The minimum absolute atomic E-state index is 0.179. The summed E-state index contributed by atoms with van der Waals surface area (Å²) in [7, 11) is 0. The van der Waals surface area contributed by atoms with Gasteiger partial charge in [0.05, 0.1) is 10.6 Å². The van der Waals surface area contributed by atoms with Crippen molar-refractivity contribution in [2.24, 2.45) is 0 Å². The van der Waals surface area contributed by atoms with Gasteiger partial charge in [-0.1, -0.05) is 30.3 Å². The van der Waals surface area contributed by atoms with E-state index in [1.165, 1.54) is 11.8 Å². The SMILES string of the molecule is CSc1cnc(C(=O)O)nc1-c1ccccc1. The summed E-state index contributed by atoms with van der Waals surface area (Å²) in [5, 5.41) is 8.89. The van der Waals surface area contributed by atoms with Crippen LogP contribution in [0.5, 0.6) is 0 Å². The van der Waals surface area contributed by atoms with Crippen molar-refractivity contribution in [3.8, 4) is 11.3 Å². The Morgan fingerprint density at radius 3 is 2.59 bits per heavy atom. The van der Waals surface area contributed by atoms with Gasteiger partial charge in [-0.25, -0.2) is 14.8 Å². The average molecular weight is 246 g/mol. The van der Waals surface area contributed by atoms with Crippen molar-refractivity contribution in [1.82, 2.24) is 9.97 Å². The molecule has 4 nitrogen and oxygen atoms in total. The highest BCUT2D eigenvalue weighted by Gasteiger charge is 2.12. The fourth-order valence-corrected chi connectivity index (χ4v) is 1.94. The Balaban J connectivity index is 2.58. The van der Waals surface area contributed by atoms with Crippen molar-refractivity contribution in [3.63, 3.8) is 0 Å². The van der Waals surface area contributed by atoms with Crippen LogP contribution in [0.4, 0.5) is 0 Å². The van der Waals surface area contributed by atoms with Gasteiger partial charge in [-0.2, -0.15) is 0 Å². The van der Waals surface area contributed by atoms with Crippen molar-refractivity contribution in [1.29, 1.82) is 0 Å². The van der Waals surface area contributed by atoms with Gasteiger partial charge in [0, 0.05) is 11.8 Å². The maximum absolute atomic E-state index is 10.9. The molecule has 0 spiro atoms. The molecule has 0 aliphatic carbocycles. The van der Waals surface area contributed by atoms with Crippen LogP contribution in [0.3, 0.4) is 0 Å². The summed E-state index contributed by atoms with van der Waals surface area (Å²) in [5.41, 5.74) is 1.55. The summed E-state index contributed by atoms with van der Waals surface area (Å²) in [4.78, 5) is 19.6. The van der Waals surface area contributed by atoms with Gasteiger partial charge in [0.1, 0.15) is 0 Å². The Morgan fingerprint density at radius 2 is 2.00 bits per heavy atom. The number of benzene rings is 1. The third-order valence-corrected chi connectivity index (χ3v) is 2.95. The van der Waals surface area contributed by atoms with Crippen molar-refractivity contribution in [3.05, 3.63) is 42.4 Å². The molecule has 0 saturated carbocycles. The largest absolute Gasteiger partial charge is 0.475 e. The lowest BCUT2D eigenvalue weighted by molar-refractivity contribution is 0.0683. The number of aromatic carboxylic acids is 1. The minimum atomic E-state index is -1.12. The van der Waals surface area contributed by atoms with E-state index in [0.29, 0.717) is 5.69 Å². The van der Waals surface area contributed by atoms with Crippen LogP contribution in [0.1, 0.15) is 10.6 Å². The summed E-state index contributed by atoms with van der Waals surface area (Å²) in [6, 6.07) is 9.48. The van der Waals surface area contributed by atoms with Crippen LogP contribution in [0.2, 0.25) is 0 Å². The number of carboxylic acid groups (broad SMARTS) is 1. The van der Waals surface area contributed by atoms with Crippen LogP contribution in [0, 0.1) is 0 Å². The molecule has 86 valence electrons. The highest BCUT2D eigenvalue weighted by molar-refractivity contribution is 7.98. The van der Waals surface area contributed by atoms with Gasteiger partial charge >= 0.3 is 5.97 Å². The Kier molecular flexibility index (Phi) is 3.39. The summed E-state index contributed by atoms with van der Waals surface area (Å²) < 4.78 is 0. The monoisotopic (exact) mass is 246 g/mol. The van der Waals surface area contributed by atoms with Crippen molar-refractivity contribution < 1.29 is 9.90 Å². The van der Waals surface area contributed by atoms with Crippen molar-refractivity contribution in [2.75, 3.05) is 6.26 Å². The number of nitrogens with zero attached hydrogens (tertiary/aromatic N) is 2. The van der Waals surface area contributed by atoms with E-state index in [-0.39, 0.29) is 5.82 Å². The second-order valence-electron chi connectivity index (χ2n) is 3.28. The smallest absolute Gasteiger partial charge is 0.373 e. The topological polar surface area (TPSA) is 63.1 Å². The summed E-state index contributed by atoms with van der Waals surface area (Å²) in [5.74, 6) is -1.29. The molecular formula is C12H10N2O2S. The predicted molar refractivity (Wildman–Crippen MR) is 66.2 cm³/mol. The van der Waals surface area contributed by atoms with E-state index in [2.05, 4.69) is 9.97 Å². The van der Waals surface area contributed by atoms with Crippen molar-refractivity contribution >= 4 is 17.7 Å². The van der Waals surface area contributed by atoms with Crippen LogP contribution in [0.25, 0.3) is 11.3 Å². The van der Waals surface area contributed by atoms with E-state index in [1.807, 2.05) is 36.6 Å². The molecule has 5 heteroatoms. The van der Waals surface area contributed by atoms with Gasteiger partial charge in [-0.3, -0.25) is 0 Å². The Labute approximate surface area is 103 Å². The molecule has 1 heterocycles. The maximum atomic E-state index is 10.9. The molecule has 0 radical (unpaired) electrons.